The molecule has 0 radical (unpaired) electrons. The maximum absolute atomic E-state index is 13.4. The zero-order chi connectivity index (χ0) is 13.8. The first-order valence-corrected chi connectivity index (χ1v) is 6.60. The normalized spacial score (nSPS) is 23.8. The van der Waals surface area contributed by atoms with Gasteiger partial charge in [-0.25, -0.2) is 4.39 Å². The van der Waals surface area contributed by atoms with Crippen molar-refractivity contribution in [3.63, 3.8) is 0 Å². The van der Waals surface area contributed by atoms with E-state index in [4.69, 9.17) is 4.74 Å². The summed E-state index contributed by atoms with van der Waals surface area (Å²) in [5, 5.41) is 2.71. The van der Waals surface area contributed by atoms with E-state index in [0.29, 0.717) is 22.6 Å². The van der Waals surface area contributed by atoms with E-state index in [2.05, 4.69) is 21.2 Å². The summed E-state index contributed by atoms with van der Waals surface area (Å²) in [5.74, 6) is -0.197. The molecule has 0 unspecified atom stereocenters. The molecule has 1 N–H and O–H groups in total. The number of rotatable bonds is 0. The molecular formula is C14H11BrFNO2. The van der Waals surface area contributed by atoms with Crippen molar-refractivity contribution in [3.05, 3.63) is 45.9 Å². The van der Waals surface area contributed by atoms with Crippen LogP contribution in [-0.2, 0) is 9.53 Å². The van der Waals surface area contributed by atoms with Gasteiger partial charge in [-0.05, 0) is 38.1 Å². The maximum Gasteiger partial charge on any atom is 0.260 e. The van der Waals surface area contributed by atoms with Crippen molar-refractivity contribution < 1.29 is 13.9 Å². The van der Waals surface area contributed by atoms with E-state index in [-0.39, 0.29) is 11.7 Å². The van der Waals surface area contributed by atoms with Gasteiger partial charge < -0.3 is 10.1 Å². The lowest BCUT2D eigenvalue weighted by Gasteiger charge is -2.19. The van der Waals surface area contributed by atoms with Gasteiger partial charge in [-0.2, -0.15) is 0 Å². The van der Waals surface area contributed by atoms with Crippen LogP contribution in [0.15, 0.2) is 34.5 Å². The number of carbonyl (C=O) groups excluding carboxylic acids is 1. The molecule has 0 saturated heterocycles. The van der Waals surface area contributed by atoms with E-state index >= 15 is 0 Å². The van der Waals surface area contributed by atoms with Crippen LogP contribution >= 0.6 is 15.9 Å². The van der Waals surface area contributed by atoms with E-state index in [1.54, 1.807) is 12.1 Å². The van der Waals surface area contributed by atoms with Gasteiger partial charge in [-0.15, -0.1) is 0 Å². The molecule has 0 fully saturated rings. The highest BCUT2D eigenvalue weighted by Gasteiger charge is 2.36. The number of hydrogen-bond acceptors (Lipinski definition) is 2. The first-order chi connectivity index (χ1) is 8.88. The average molecular weight is 324 g/mol. The predicted molar refractivity (Wildman–Crippen MR) is 74.1 cm³/mol. The smallest absolute Gasteiger partial charge is 0.260 e. The van der Waals surface area contributed by atoms with Crippen LogP contribution in [0.3, 0.4) is 0 Å². The first kappa shape index (κ1) is 12.4. The number of nitrogens with one attached hydrogen (secondary N) is 1. The van der Waals surface area contributed by atoms with Crippen molar-refractivity contribution in [3.8, 4) is 0 Å². The molecule has 1 aromatic rings. The highest BCUT2D eigenvalue weighted by Crippen LogP contribution is 2.42. The Labute approximate surface area is 118 Å². The quantitative estimate of drug-likeness (QED) is 0.741. The van der Waals surface area contributed by atoms with Gasteiger partial charge in [0.2, 0.25) is 0 Å². The number of amides is 1. The minimum Gasteiger partial charge on any atom is -0.482 e. The van der Waals surface area contributed by atoms with Gasteiger partial charge in [-0.1, -0.05) is 15.9 Å². The second kappa shape index (κ2) is 3.93. The zero-order valence-corrected chi connectivity index (χ0v) is 12.0. The Bertz CT molecular complexity index is 661. The Morgan fingerprint density at radius 2 is 2.11 bits per heavy atom. The molecule has 0 aromatic heterocycles. The molecule has 0 aliphatic carbocycles. The van der Waals surface area contributed by atoms with Crippen LogP contribution in [0.1, 0.15) is 19.4 Å². The minimum atomic E-state index is -0.515. The molecule has 2 aliphatic rings. The molecule has 1 aromatic carbocycles. The van der Waals surface area contributed by atoms with E-state index in [0.717, 1.165) is 4.48 Å². The number of anilines is 1. The van der Waals surface area contributed by atoms with E-state index in [9.17, 15) is 9.18 Å². The fourth-order valence-corrected chi connectivity index (χ4v) is 2.44. The van der Waals surface area contributed by atoms with Gasteiger partial charge in [0.1, 0.15) is 17.2 Å². The monoisotopic (exact) mass is 323 g/mol. The number of carbonyl (C=O) groups is 1. The van der Waals surface area contributed by atoms with Gasteiger partial charge in [0, 0.05) is 15.7 Å². The Morgan fingerprint density at radius 1 is 1.37 bits per heavy atom. The van der Waals surface area contributed by atoms with Crippen LogP contribution in [0.2, 0.25) is 0 Å². The molecule has 0 atom stereocenters. The van der Waals surface area contributed by atoms with E-state index in [1.165, 1.54) is 12.1 Å². The second-order valence-corrected chi connectivity index (χ2v) is 5.84. The molecule has 0 saturated carbocycles. The lowest BCUT2D eigenvalue weighted by atomic mass is 10.1. The summed E-state index contributed by atoms with van der Waals surface area (Å²) in [6.45, 7) is 3.78. The van der Waals surface area contributed by atoms with Gasteiger partial charge in [0.25, 0.3) is 5.91 Å². The predicted octanol–water partition coefficient (Wildman–Crippen LogP) is 3.58. The maximum atomic E-state index is 13.4. The first-order valence-electron chi connectivity index (χ1n) is 5.81. The SMILES string of the molecule is CC1(C)OC(=C2C(=O)Nc3ccc(F)cc32)C=C1Br. The van der Waals surface area contributed by atoms with Crippen molar-refractivity contribution >= 4 is 33.1 Å². The zero-order valence-electron chi connectivity index (χ0n) is 10.4. The largest absolute Gasteiger partial charge is 0.482 e. The fourth-order valence-electron chi connectivity index (χ4n) is 2.15. The molecular weight excluding hydrogens is 313 g/mol. The second-order valence-electron chi connectivity index (χ2n) is 4.99. The van der Waals surface area contributed by atoms with Crippen molar-refractivity contribution in [1.29, 1.82) is 0 Å². The van der Waals surface area contributed by atoms with Gasteiger partial charge in [0.15, 0.2) is 0 Å². The molecule has 2 heterocycles. The molecule has 1 amide bonds. The number of halogens is 2. The fraction of sp³-hybridized carbons (Fsp3) is 0.214. The van der Waals surface area contributed by atoms with Crippen LogP contribution in [0, 0.1) is 5.82 Å². The molecule has 0 spiro atoms. The molecule has 98 valence electrons. The summed E-state index contributed by atoms with van der Waals surface area (Å²) in [4.78, 5) is 12.0. The summed E-state index contributed by atoms with van der Waals surface area (Å²) < 4.78 is 20.0. The average Bonchev–Trinajstić information content (AvgIpc) is 2.75. The Balaban J connectivity index is 2.19. The molecule has 19 heavy (non-hydrogen) atoms. The highest BCUT2D eigenvalue weighted by molar-refractivity contribution is 9.11. The Hall–Kier alpha value is -1.62. The molecule has 5 heteroatoms. The van der Waals surface area contributed by atoms with Crippen molar-refractivity contribution in [1.82, 2.24) is 0 Å². The van der Waals surface area contributed by atoms with Crippen LogP contribution in [0.5, 0.6) is 0 Å². The molecule has 2 aliphatic heterocycles. The number of hydrogen-bond donors (Lipinski definition) is 1. The van der Waals surface area contributed by atoms with Crippen LogP contribution in [0.25, 0.3) is 5.57 Å². The van der Waals surface area contributed by atoms with Crippen LogP contribution in [-0.4, -0.2) is 11.5 Å². The third kappa shape index (κ3) is 1.89. The minimum absolute atomic E-state index is 0.273. The van der Waals surface area contributed by atoms with E-state index < -0.39 is 5.60 Å². The summed E-state index contributed by atoms with van der Waals surface area (Å²) in [6.07, 6.45) is 1.76. The third-order valence-corrected chi connectivity index (χ3v) is 4.35. The molecule has 3 nitrogen and oxygen atoms in total. The number of fused-ring (bicyclic) bond motifs is 1. The van der Waals surface area contributed by atoms with Crippen LogP contribution in [0.4, 0.5) is 10.1 Å². The topological polar surface area (TPSA) is 38.3 Å². The van der Waals surface area contributed by atoms with Gasteiger partial charge in [0.05, 0.1) is 5.57 Å². The summed E-state index contributed by atoms with van der Waals surface area (Å²) in [7, 11) is 0. The number of benzene rings is 1. The highest BCUT2D eigenvalue weighted by atomic mass is 79.9. The Morgan fingerprint density at radius 3 is 2.74 bits per heavy atom. The van der Waals surface area contributed by atoms with Crippen molar-refractivity contribution in [2.45, 2.75) is 19.4 Å². The van der Waals surface area contributed by atoms with Gasteiger partial charge in [-0.3, -0.25) is 4.79 Å². The number of ether oxygens (including phenoxy) is 1. The van der Waals surface area contributed by atoms with Crippen LogP contribution < -0.4 is 5.32 Å². The molecule has 3 rings (SSSR count). The summed E-state index contributed by atoms with van der Waals surface area (Å²) in [6, 6.07) is 4.21. The lowest BCUT2D eigenvalue weighted by Crippen LogP contribution is -2.19. The third-order valence-electron chi connectivity index (χ3n) is 3.17. The van der Waals surface area contributed by atoms with Crippen molar-refractivity contribution in [2.24, 2.45) is 0 Å². The Kier molecular flexibility index (Phi) is 2.57. The number of allylic oxidation sites excluding steroid dienone is 1. The summed E-state index contributed by atoms with van der Waals surface area (Å²) >= 11 is 3.42. The molecule has 0 bridgehead atoms. The summed E-state index contributed by atoms with van der Waals surface area (Å²) in [5.41, 5.74) is 0.997. The standard InChI is InChI=1S/C14H11BrFNO2/c1-14(2)11(15)6-10(19-14)12-8-5-7(16)3-4-9(8)17-13(12)18/h3-6H,1-2H3,(H,17,18). The lowest BCUT2D eigenvalue weighted by molar-refractivity contribution is -0.111. The van der Waals surface area contributed by atoms with E-state index in [1.807, 2.05) is 13.8 Å². The van der Waals surface area contributed by atoms with Gasteiger partial charge >= 0.3 is 0 Å². The van der Waals surface area contributed by atoms with Crippen molar-refractivity contribution in [2.75, 3.05) is 5.32 Å².